The van der Waals surface area contributed by atoms with E-state index in [4.69, 9.17) is 16.3 Å². The van der Waals surface area contributed by atoms with E-state index in [1.807, 2.05) is 11.9 Å². The monoisotopic (exact) mass is 245 g/mol. The number of halogens is 1. The standard InChI is InChI=1S/C12H20ClNO2/c1-14(10-6-3-2-5-9(10)13)12(15)11-7-4-8-16-11/h9-11H,2-8H2,1H3. The summed E-state index contributed by atoms with van der Waals surface area (Å²) in [6.07, 6.45) is 6.07. The molecule has 0 spiro atoms. The van der Waals surface area contributed by atoms with E-state index >= 15 is 0 Å². The van der Waals surface area contributed by atoms with E-state index < -0.39 is 0 Å². The molecule has 0 N–H and O–H groups in total. The highest BCUT2D eigenvalue weighted by molar-refractivity contribution is 6.21. The summed E-state index contributed by atoms with van der Waals surface area (Å²) in [7, 11) is 1.87. The van der Waals surface area contributed by atoms with Crippen LogP contribution in [0.3, 0.4) is 0 Å². The van der Waals surface area contributed by atoms with Crippen LogP contribution >= 0.6 is 11.6 Å². The number of nitrogens with zero attached hydrogens (tertiary/aromatic N) is 1. The van der Waals surface area contributed by atoms with Gasteiger partial charge in [0.05, 0.1) is 5.38 Å². The molecule has 1 saturated heterocycles. The lowest BCUT2D eigenvalue weighted by atomic mass is 9.93. The summed E-state index contributed by atoms with van der Waals surface area (Å²) in [5.74, 6) is 0.120. The minimum absolute atomic E-state index is 0.115. The van der Waals surface area contributed by atoms with Gasteiger partial charge in [-0.25, -0.2) is 0 Å². The van der Waals surface area contributed by atoms with E-state index in [2.05, 4.69) is 0 Å². The van der Waals surface area contributed by atoms with Crippen molar-refractivity contribution >= 4 is 17.5 Å². The summed E-state index contributed by atoms with van der Waals surface area (Å²) in [6, 6.07) is 0.201. The van der Waals surface area contributed by atoms with Crippen molar-refractivity contribution in [3.63, 3.8) is 0 Å². The molecule has 16 heavy (non-hydrogen) atoms. The van der Waals surface area contributed by atoms with Crippen LogP contribution in [0, 0.1) is 0 Å². The maximum Gasteiger partial charge on any atom is 0.251 e. The van der Waals surface area contributed by atoms with E-state index in [0.717, 1.165) is 32.3 Å². The minimum Gasteiger partial charge on any atom is -0.368 e. The zero-order chi connectivity index (χ0) is 11.5. The maximum absolute atomic E-state index is 12.1. The summed E-state index contributed by atoms with van der Waals surface area (Å²) in [5.41, 5.74) is 0. The van der Waals surface area contributed by atoms with Gasteiger partial charge in [0, 0.05) is 19.7 Å². The third kappa shape index (κ3) is 2.51. The molecule has 1 aliphatic heterocycles. The third-order valence-electron chi connectivity index (χ3n) is 3.70. The van der Waals surface area contributed by atoms with Gasteiger partial charge in [-0.2, -0.15) is 0 Å². The fraction of sp³-hybridized carbons (Fsp3) is 0.917. The van der Waals surface area contributed by atoms with Crippen LogP contribution in [0.2, 0.25) is 0 Å². The topological polar surface area (TPSA) is 29.5 Å². The molecule has 0 bridgehead atoms. The Bertz CT molecular complexity index is 253. The first-order chi connectivity index (χ1) is 7.70. The highest BCUT2D eigenvalue weighted by Gasteiger charge is 2.34. The SMILES string of the molecule is CN(C(=O)C1CCCO1)C1CCCCC1Cl. The lowest BCUT2D eigenvalue weighted by Crippen LogP contribution is -2.48. The third-order valence-corrected chi connectivity index (χ3v) is 4.21. The minimum atomic E-state index is -0.212. The largest absolute Gasteiger partial charge is 0.368 e. The molecule has 2 rings (SSSR count). The van der Waals surface area contributed by atoms with Gasteiger partial charge in [-0.15, -0.1) is 11.6 Å². The summed E-state index contributed by atoms with van der Waals surface area (Å²) < 4.78 is 5.43. The predicted octanol–water partition coefficient (Wildman–Crippen LogP) is 2.17. The number of likely N-dealkylation sites (N-methyl/N-ethyl adjacent to an activating group) is 1. The highest BCUT2D eigenvalue weighted by atomic mass is 35.5. The second-order valence-electron chi connectivity index (χ2n) is 4.82. The number of carbonyl (C=O) groups excluding carboxylic acids is 1. The van der Waals surface area contributed by atoms with Crippen LogP contribution in [-0.4, -0.2) is 42.0 Å². The van der Waals surface area contributed by atoms with Crippen molar-refractivity contribution in [2.24, 2.45) is 0 Å². The lowest BCUT2D eigenvalue weighted by molar-refractivity contribution is -0.142. The molecule has 1 saturated carbocycles. The molecule has 92 valence electrons. The first kappa shape index (κ1) is 12.2. The molecule has 3 unspecified atom stereocenters. The number of hydrogen-bond acceptors (Lipinski definition) is 2. The first-order valence-corrected chi connectivity index (χ1v) is 6.66. The van der Waals surface area contributed by atoms with Crippen LogP contribution in [0.25, 0.3) is 0 Å². The Morgan fingerprint density at radius 3 is 2.62 bits per heavy atom. The van der Waals surface area contributed by atoms with E-state index in [9.17, 15) is 4.79 Å². The van der Waals surface area contributed by atoms with Crippen molar-refractivity contribution in [1.82, 2.24) is 4.90 Å². The number of ether oxygens (including phenoxy) is 1. The first-order valence-electron chi connectivity index (χ1n) is 6.22. The highest BCUT2D eigenvalue weighted by Crippen LogP contribution is 2.28. The Balaban J connectivity index is 1.94. The zero-order valence-electron chi connectivity index (χ0n) is 9.82. The van der Waals surface area contributed by atoms with Crippen LogP contribution in [-0.2, 0) is 9.53 Å². The Hall–Kier alpha value is -0.280. The lowest BCUT2D eigenvalue weighted by Gasteiger charge is -2.35. The molecule has 3 nitrogen and oxygen atoms in total. The molecule has 1 amide bonds. The number of carbonyl (C=O) groups is 1. The van der Waals surface area contributed by atoms with Gasteiger partial charge in [0.25, 0.3) is 5.91 Å². The van der Waals surface area contributed by atoms with Crippen LogP contribution in [0.1, 0.15) is 38.5 Å². The summed E-state index contributed by atoms with van der Waals surface area (Å²) in [4.78, 5) is 14.0. The van der Waals surface area contributed by atoms with E-state index in [-0.39, 0.29) is 23.4 Å². The van der Waals surface area contributed by atoms with Gasteiger partial charge in [0.15, 0.2) is 0 Å². The molecule has 0 radical (unpaired) electrons. The van der Waals surface area contributed by atoms with Gasteiger partial charge in [-0.1, -0.05) is 12.8 Å². The Kier molecular flexibility index (Phi) is 4.09. The molecule has 3 atom stereocenters. The fourth-order valence-corrected chi connectivity index (χ4v) is 3.11. The van der Waals surface area contributed by atoms with E-state index in [0.29, 0.717) is 0 Å². The van der Waals surface area contributed by atoms with Crippen LogP contribution in [0.15, 0.2) is 0 Å². The number of amides is 1. The van der Waals surface area contributed by atoms with Crippen molar-refractivity contribution in [3.8, 4) is 0 Å². The number of rotatable bonds is 2. The quantitative estimate of drug-likeness (QED) is 0.698. The second kappa shape index (κ2) is 5.37. The van der Waals surface area contributed by atoms with E-state index in [1.165, 1.54) is 12.8 Å². The van der Waals surface area contributed by atoms with Gasteiger partial charge < -0.3 is 9.64 Å². The molecule has 4 heteroatoms. The second-order valence-corrected chi connectivity index (χ2v) is 5.38. The van der Waals surface area contributed by atoms with Crippen molar-refractivity contribution in [2.75, 3.05) is 13.7 Å². The Morgan fingerprint density at radius 2 is 2.00 bits per heavy atom. The molecule has 2 aliphatic rings. The number of alkyl halides is 1. The fourth-order valence-electron chi connectivity index (χ4n) is 2.67. The van der Waals surface area contributed by atoms with Crippen molar-refractivity contribution < 1.29 is 9.53 Å². The number of hydrogen-bond donors (Lipinski definition) is 0. The molecule has 0 aromatic rings. The van der Waals surface area contributed by atoms with Crippen LogP contribution < -0.4 is 0 Å². The zero-order valence-corrected chi connectivity index (χ0v) is 10.6. The van der Waals surface area contributed by atoms with Crippen LogP contribution in [0.4, 0.5) is 0 Å². The van der Waals surface area contributed by atoms with Crippen molar-refractivity contribution in [2.45, 2.75) is 56.0 Å². The molecular formula is C12H20ClNO2. The van der Waals surface area contributed by atoms with Crippen molar-refractivity contribution in [3.05, 3.63) is 0 Å². The maximum atomic E-state index is 12.1. The molecule has 1 heterocycles. The smallest absolute Gasteiger partial charge is 0.251 e. The molecule has 2 fully saturated rings. The summed E-state index contributed by atoms with van der Waals surface area (Å²) in [6.45, 7) is 0.721. The van der Waals surface area contributed by atoms with Crippen molar-refractivity contribution in [1.29, 1.82) is 0 Å². The van der Waals surface area contributed by atoms with E-state index in [1.54, 1.807) is 0 Å². The van der Waals surface area contributed by atoms with Gasteiger partial charge in [-0.3, -0.25) is 4.79 Å². The average molecular weight is 246 g/mol. The Labute approximate surface area is 102 Å². The van der Waals surface area contributed by atoms with Gasteiger partial charge in [0.2, 0.25) is 0 Å². The summed E-state index contributed by atoms with van der Waals surface area (Å²) >= 11 is 6.29. The van der Waals surface area contributed by atoms with Crippen LogP contribution in [0.5, 0.6) is 0 Å². The Morgan fingerprint density at radius 1 is 1.25 bits per heavy atom. The molecule has 1 aliphatic carbocycles. The van der Waals surface area contributed by atoms with Gasteiger partial charge in [0.1, 0.15) is 6.10 Å². The molecule has 0 aromatic heterocycles. The predicted molar refractivity (Wildman–Crippen MR) is 63.6 cm³/mol. The van der Waals surface area contributed by atoms with Gasteiger partial charge >= 0.3 is 0 Å². The van der Waals surface area contributed by atoms with Gasteiger partial charge in [-0.05, 0) is 25.7 Å². The molecular weight excluding hydrogens is 226 g/mol. The molecule has 0 aromatic carbocycles. The normalized spacial score (nSPS) is 35.0. The average Bonchev–Trinajstić information content (AvgIpc) is 2.81. The summed E-state index contributed by atoms with van der Waals surface area (Å²) in [5, 5.41) is 0.115.